The van der Waals surface area contributed by atoms with Crippen molar-refractivity contribution in [1.82, 2.24) is 0 Å². The molecule has 0 amide bonds. The summed E-state index contributed by atoms with van der Waals surface area (Å²) in [5.41, 5.74) is 8.89. The number of hydrogen-bond donors (Lipinski definition) is 0. The lowest BCUT2D eigenvalue weighted by atomic mass is 9.45. The zero-order chi connectivity index (χ0) is 16.7. The average molecular weight is 316 g/mol. The molecule has 1 aromatic carbocycles. The summed E-state index contributed by atoms with van der Waals surface area (Å²) in [5.74, 6) is 2.24. The highest BCUT2D eigenvalue weighted by Crippen LogP contribution is 2.70. The van der Waals surface area contributed by atoms with Crippen LogP contribution in [0.5, 0.6) is 0 Å². The van der Waals surface area contributed by atoms with Crippen molar-refractivity contribution in [1.29, 1.82) is 0 Å². The molecule has 0 radical (unpaired) electrons. The molecular weight excluding hydrogens is 288 g/mol. The standard InChI is InChI=1S/C24H28/c1-23(2)16-13-19-17-11-7-8-12-18(17)22(21(19)20(23)14-16)24(3,4)15-9-5-6-10-15/h5,7-12,16,20,22H,6,13-14H2,1-4H3/t16-,20-,22-/m0/s1. The van der Waals surface area contributed by atoms with E-state index in [-0.39, 0.29) is 5.41 Å². The topological polar surface area (TPSA) is 0 Å². The maximum Gasteiger partial charge on any atom is 0.0155 e. The van der Waals surface area contributed by atoms with E-state index in [1.165, 1.54) is 18.4 Å². The Balaban J connectivity index is 1.71. The van der Waals surface area contributed by atoms with Crippen molar-refractivity contribution < 1.29 is 0 Å². The van der Waals surface area contributed by atoms with Gasteiger partial charge in [-0.25, -0.2) is 0 Å². The van der Waals surface area contributed by atoms with Crippen LogP contribution < -0.4 is 0 Å². The van der Waals surface area contributed by atoms with Crippen LogP contribution in [0.2, 0.25) is 0 Å². The number of fused-ring (bicyclic) bond motifs is 1. The molecule has 2 bridgehead atoms. The molecule has 6 rings (SSSR count). The van der Waals surface area contributed by atoms with Gasteiger partial charge < -0.3 is 0 Å². The molecule has 0 spiro atoms. The molecule has 24 heavy (non-hydrogen) atoms. The second-order valence-corrected chi connectivity index (χ2v) is 9.48. The summed E-state index contributed by atoms with van der Waals surface area (Å²) >= 11 is 0. The highest BCUT2D eigenvalue weighted by Gasteiger charge is 2.58. The Morgan fingerprint density at radius 2 is 1.92 bits per heavy atom. The highest BCUT2D eigenvalue weighted by molar-refractivity contribution is 5.81. The largest absolute Gasteiger partial charge is 0.0804 e. The van der Waals surface area contributed by atoms with E-state index in [4.69, 9.17) is 0 Å². The summed E-state index contributed by atoms with van der Waals surface area (Å²) in [6, 6.07) is 9.27. The van der Waals surface area contributed by atoms with Crippen molar-refractivity contribution in [2.75, 3.05) is 0 Å². The zero-order valence-corrected chi connectivity index (χ0v) is 15.4. The first-order chi connectivity index (χ1) is 11.4. The van der Waals surface area contributed by atoms with Crippen LogP contribution in [0.15, 0.2) is 53.6 Å². The van der Waals surface area contributed by atoms with Crippen molar-refractivity contribution in [3.05, 3.63) is 64.8 Å². The first-order valence-corrected chi connectivity index (χ1v) is 9.61. The lowest BCUT2D eigenvalue weighted by Gasteiger charge is -2.59. The zero-order valence-electron chi connectivity index (χ0n) is 15.4. The number of benzene rings is 1. The van der Waals surface area contributed by atoms with E-state index in [1.54, 1.807) is 22.3 Å². The molecule has 124 valence electrons. The van der Waals surface area contributed by atoms with Crippen LogP contribution >= 0.6 is 0 Å². The molecule has 1 saturated carbocycles. The van der Waals surface area contributed by atoms with Crippen LogP contribution in [0.25, 0.3) is 5.57 Å². The Labute approximate surface area is 146 Å². The van der Waals surface area contributed by atoms with E-state index in [2.05, 4.69) is 70.2 Å². The summed E-state index contributed by atoms with van der Waals surface area (Å²) in [6.45, 7) is 9.97. The molecular formula is C24H28. The Morgan fingerprint density at radius 1 is 1.12 bits per heavy atom. The van der Waals surface area contributed by atoms with Crippen molar-refractivity contribution in [3.63, 3.8) is 0 Å². The summed E-state index contributed by atoms with van der Waals surface area (Å²) in [7, 11) is 0. The van der Waals surface area contributed by atoms with Crippen molar-refractivity contribution in [2.45, 2.75) is 52.9 Å². The third kappa shape index (κ3) is 1.65. The van der Waals surface area contributed by atoms with Crippen molar-refractivity contribution in [3.8, 4) is 0 Å². The molecule has 3 atom stereocenters. The predicted octanol–water partition coefficient (Wildman–Crippen LogP) is 6.52. The van der Waals surface area contributed by atoms with Crippen LogP contribution in [-0.4, -0.2) is 0 Å². The summed E-state index contributed by atoms with van der Waals surface area (Å²) in [6.07, 6.45) is 11.0. The minimum atomic E-state index is 0.179. The summed E-state index contributed by atoms with van der Waals surface area (Å²) in [5, 5.41) is 0. The lowest BCUT2D eigenvalue weighted by Crippen LogP contribution is -2.50. The van der Waals surface area contributed by atoms with Gasteiger partial charge in [0.05, 0.1) is 0 Å². The van der Waals surface area contributed by atoms with Gasteiger partial charge in [-0.1, -0.05) is 75.8 Å². The second-order valence-electron chi connectivity index (χ2n) is 9.48. The number of rotatable bonds is 2. The highest BCUT2D eigenvalue weighted by atomic mass is 14.6. The van der Waals surface area contributed by atoms with Crippen molar-refractivity contribution in [2.24, 2.45) is 22.7 Å². The fourth-order valence-corrected chi connectivity index (χ4v) is 6.18. The van der Waals surface area contributed by atoms with E-state index in [0.29, 0.717) is 11.3 Å². The molecule has 0 heteroatoms. The van der Waals surface area contributed by atoms with Gasteiger partial charge in [0.2, 0.25) is 0 Å². The molecule has 0 aromatic heterocycles. The molecule has 0 unspecified atom stereocenters. The van der Waals surface area contributed by atoms with E-state index >= 15 is 0 Å². The number of allylic oxidation sites excluding steroid dienone is 6. The Bertz CT molecular complexity index is 812. The van der Waals surface area contributed by atoms with Crippen LogP contribution in [0.3, 0.4) is 0 Å². The smallest absolute Gasteiger partial charge is 0.0155 e. The van der Waals surface area contributed by atoms with Crippen LogP contribution in [-0.2, 0) is 0 Å². The van der Waals surface area contributed by atoms with Gasteiger partial charge >= 0.3 is 0 Å². The van der Waals surface area contributed by atoms with E-state index in [1.807, 2.05) is 0 Å². The third-order valence-corrected chi connectivity index (χ3v) is 7.79. The van der Waals surface area contributed by atoms with E-state index in [9.17, 15) is 0 Å². The van der Waals surface area contributed by atoms with E-state index in [0.717, 1.165) is 18.3 Å². The molecule has 5 aliphatic rings. The normalized spacial score (nSPS) is 32.3. The van der Waals surface area contributed by atoms with Gasteiger partial charge in [-0.05, 0) is 64.2 Å². The van der Waals surface area contributed by atoms with Gasteiger partial charge in [0.25, 0.3) is 0 Å². The molecule has 1 aromatic rings. The quantitative estimate of drug-likeness (QED) is 0.583. The Kier molecular flexibility index (Phi) is 2.79. The lowest BCUT2D eigenvalue weighted by molar-refractivity contribution is -0.00788. The maximum atomic E-state index is 2.51. The minimum Gasteiger partial charge on any atom is -0.0804 e. The van der Waals surface area contributed by atoms with Gasteiger partial charge in [-0.3, -0.25) is 0 Å². The molecule has 0 aliphatic heterocycles. The van der Waals surface area contributed by atoms with Crippen molar-refractivity contribution >= 4 is 5.57 Å². The fraction of sp³-hybridized carbons (Fsp3) is 0.500. The van der Waals surface area contributed by atoms with E-state index < -0.39 is 0 Å². The molecule has 0 nitrogen and oxygen atoms in total. The SMILES string of the molecule is CC(C)(C1=CCC=C1)[C@@H]1C2=C(C[C@H]3C[C@@H]2C3(C)C)c2ccccc21. The average Bonchev–Trinajstić information content (AvgIpc) is 3.21. The fourth-order valence-electron chi connectivity index (χ4n) is 6.18. The Morgan fingerprint density at radius 3 is 2.62 bits per heavy atom. The third-order valence-electron chi connectivity index (χ3n) is 7.79. The van der Waals surface area contributed by atoms with Gasteiger partial charge in [-0.2, -0.15) is 0 Å². The molecule has 0 heterocycles. The first kappa shape index (κ1) is 14.8. The monoisotopic (exact) mass is 316 g/mol. The van der Waals surface area contributed by atoms with Gasteiger partial charge in [-0.15, -0.1) is 0 Å². The van der Waals surface area contributed by atoms with Gasteiger partial charge in [0.1, 0.15) is 0 Å². The molecule has 5 aliphatic carbocycles. The second kappa shape index (κ2) is 4.54. The van der Waals surface area contributed by atoms with Crippen LogP contribution in [0.4, 0.5) is 0 Å². The van der Waals surface area contributed by atoms with Gasteiger partial charge in [0.15, 0.2) is 0 Å². The summed E-state index contributed by atoms with van der Waals surface area (Å²) < 4.78 is 0. The van der Waals surface area contributed by atoms with Crippen LogP contribution in [0, 0.1) is 22.7 Å². The molecule has 1 fully saturated rings. The molecule has 0 N–H and O–H groups in total. The predicted molar refractivity (Wildman–Crippen MR) is 102 cm³/mol. The minimum absolute atomic E-state index is 0.179. The maximum absolute atomic E-state index is 2.51. The number of hydrogen-bond acceptors (Lipinski definition) is 0. The molecule has 0 saturated heterocycles. The summed E-state index contributed by atoms with van der Waals surface area (Å²) in [4.78, 5) is 0. The first-order valence-electron chi connectivity index (χ1n) is 9.61. The Hall–Kier alpha value is -1.56. The van der Waals surface area contributed by atoms with Crippen LogP contribution in [0.1, 0.15) is 64.0 Å². The van der Waals surface area contributed by atoms with Gasteiger partial charge in [0, 0.05) is 5.92 Å².